The minimum atomic E-state index is -2.88. The number of benzene rings is 1. The van der Waals surface area contributed by atoms with E-state index in [9.17, 15) is 8.42 Å². The van der Waals surface area contributed by atoms with E-state index in [1.54, 1.807) is 7.11 Å². The molecule has 112 valence electrons. The number of rotatable bonds is 4. The van der Waals surface area contributed by atoms with E-state index in [1.165, 1.54) is 0 Å². The van der Waals surface area contributed by atoms with Crippen LogP contribution in [0.3, 0.4) is 0 Å². The first-order chi connectivity index (χ1) is 9.43. The Balaban J connectivity index is 2.23. The summed E-state index contributed by atoms with van der Waals surface area (Å²) < 4.78 is 28.3. The van der Waals surface area contributed by atoms with Crippen LogP contribution in [0.2, 0.25) is 0 Å². The number of hydrogen-bond acceptors (Lipinski definition) is 5. The molecule has 1 heterocycles. The Labute approximate surface area is 120 Å². The van der Waals surface area contributed by atoms with Crippen molar-refractivity contribution in [1.82, 2.24) is 4.90 Å². The highest BCUT2D eigenvalue weighted by Gasteiger charge is 2.30. The summed E-state index contributed by atoms with van der Waals surface area (Å²) in [6.45, 7) is 3.02. The van der Waals surface area contributed by atoms with Crippen LogP contribution in [-0.2, 0) is 9.84 Å². The molecule has 1 aromatic rings. The van der Waals surface area contributed by atoms with Gasteiger partial charge in [-0.1, -0.05) is 12.1 Å². The van der Waals surface area contributed by atoms with Crippen LogP contribution in [0.15, 0.2) is 24.3 Å². The second-order valence-corrected chi connectivity index (χ2v) is 7.57. The van der Waals surface area contributed by atoms with Crippen LogP contribution in [0.1, 0.15) is 18.5 Å². The maximum Gasteiger partial charge on any atom is 0.152 e. The molecule has 0 aliphatic carbocycles. The van der Waals surface area contributed by atoms with Crippen molar-refractivity contribution in [1.29, 1.82) is 0 Å². The zero-order chi connectivity index (χ0) is 14.8. The highest BCUT2D eigenvalue weighted by molar-refractivity contribution is 7.91. The number of ether oxygens (including phenoxy) is 1. The van der Waals surface area contributed by atoms with Gasteiger partial charge in [0.15, 0.2) is 9.84 Å². The molecule has 2 N–H and O–H groups in total. The summed E-state index contributed by atoms with van der Waals surface area (Å²) in [5, 5.41) is 0. The molecule has 1 fully saturated rings. The summed E-state index contributed by atoms with van der Waals surface area (Å²) in [6.07, 6.45) is 0. The Hall–Kier alpha value is -1.11. The van der Waals surface area contributed by atoms with Crippen molar-refractivity contribution in [2.75, 3.05) is 31.7 Å². The topological polar surface area (TPSA) is 72.6 Å². The zero-order valence-electron chi connectivity index (χ0n) is 12.0. The van der Waals surface area contributed by atoms with Gasteiger partial charge in [-0.3, -0.25) is 4.90 Å². The van der Waals surface area contributed by atoms with Crippen LogP contribution in [0.4, 0.5) is 0 Å². The monoisotopic (exact) mass is 298 g/mol. The molecule has 6 heteroatoms. The molecule has 2 unspecified atom stereocenters. The van der Waals surface area contributed by atoms with Gasteiger partial charge in [0.05, 0.1) is 18.6 Å². The predicted molar refractivity (Wildman–Crippen MR) is 79.6 cm³/mol. The lowest BCUT2D eigenvalue weighted by atomic mass is 9.99. The largest absolute Gasteiger partial charge is 0.497 e. The third-order valence-electron chi connectivity index (χ3n) is 3.71. The second kappa shape index (κ2) is 6.11. The van der Waals surface area contributed by atoms with Crippen molar-refractivity contribution >= 4 is 9.84 Å². The van der Waals surface area contributed by atoms with Gasteiger partial charge in [-0.05, 0) is 24.6 Å². The Morgan fingerprint density at radius 2 is 1.95 bits per heavy atom. The molecule has 0 radical (unpaired) electrons. The van der Waals surface area contributed by atoms with Crippen LogP contribution >= 0.6 is 0 Å². The highest BCUT2D eigenvalue weighted by atomic mass is 32.2. The lowest BCUT2D eigenvalue weighted by Gasteiger charge is -2.37. The number of nitrogens with zero attached hydrogens (tertiary/aromatic N) is 1. The summed E-state index contributed by atoms with van der Waals surface area (Å²) in [7, 11) is -1.24. The molecule has 20 heavy (non-hydrogen) atoms. The minimum Gasteiger partial charge on any atom is -0.497 e. The molecular formula is C14H22N2O3S. The van der Waals surface area contributed by atoms with Crippen LogP contribution in [-0.4, -0.2) is 51.1 Å². The Bertz CT molecular complexity index is 543. The third kappa shape index (κ3) is 3.50. The summed E-state index contributed by atoms with van der Waals surface area (Å²) in [5.41, 5.74) is 7.19. The maximum absolute atomic E-state index is 11.5. The summed E-state index contributed by atoms with van der Waals surface area (Å²) in [6, 6.07) is 7.74. The smallest absolute Gasteiger partial charge is 0.152 e. The van der Waals surface area contributed by atoms with Crippen LogP contribution < -0.4 is 10.5 Å². The first-order valence-corrected chi connectivity index (χ1v) is 8.59. The first kappa shape index (κ1) is 15.3. The van der Waals surface area contributed by atoms with Crippen LogP contribution in [0, 0.1) is 0 Å². The lowest BCUT2D eigenvalue weighted by Crippen LogP contribution is -2.47. The lowest BCUT2D eigenvalue weighted by molar-refractivity contribution is 0.191. The Morgan fingerprint density at radius 3 is 2.50 bits per heavy atom. The van der Waals surface area contributed by atoms with Gasteiger partial charge < -0.3 is 10.5 Å². The Morgan fingerprint density at radius 1 is 1.30 bits per heavy atom. The van der Waals surface area contributed by atoms with E-state index in [2.05, 4.69) is 4.90 Å². The van der Waals surface area contributed by atoms with Gasteiger partial charge in [0.2, 0.25) is 0 Å². The fraction of sp³-hybridized carbons (Fsp3) is 0.571. The highest BCUT2D eigenvalue weighted by Crippen LogP contribution is 2.27. The zero-order valence-corrected chi connectivity index (χ0v) is 12.8. The van der Waals surface area contributed by atoms with Crippen LogP contribution in [0.25, 0.3) is 0 Å². The maximum atomic E-state index is 11.5. The average Bonchev–Trinajstić information content (AvgIpc) is 2.41. The molecule has 1 aliphatic heterocycles. The molecule has 0 aromatic heterocycles. The van der Waals surface area contributed by atoms with Crippen molar-refractivity contribution in [3.05, 3.63) is 29.8 Å². The van der Waals surface area contributed by atoms with E-state index in [-0.39, 0.29) is 23.6 Å². The fourth-order valence-corrected chi connectivity index (χ4v) is 3.91. The first-order valence-electron chi connectivity index (χ1n) is 6.77. The average molecular weight is 298 g/mol. The molecule has 0 amide bonds. The van der Waals surface area contributed by atoms with Gasteiger partial charge in [0.25, 0.3) is 0 Å². The van der Waals surface area contributed by atoms with E-state index in [0.717, 1.165) is 11.3 Å². The fourth-order valence-electron chi connectivity index (χ4n) is 2.68. The van der Waals surface area contributed by atoms with Crippen molar-refractivity contribution in [3.8, 4) is 5.75 Å². The number of nitrogens with two attached hydrogens (primary N) is 1. The van der Waals surface area contributed by atoms with Crippen molar-refractivity contribution < 1.29 is 13.2 Å². The molecule has 1 aliphatic rings. The SMILES string of the molecule is COc1cccc(C(C(C)N)N2CCS(=O)(=O)CC2)c1. The van der Waals surface area contributed by atoms with E-state index in [0.29, 0.717) is 13.1 Å². The molecule has 1 aromatic carbocycles. The summed E-state index contributed by atoms with van der Waals surface area (Å²) in [4.78, 5) is 2.15. The van der Waals surface area contributed by atoms with Gasteiger partial charge in [-0.15, -0.1) is 0 Å². The molecule has 0 spiro atoms. The van der Waals surface area contributed by atoms with Gasteiger partial charge in [0.1, 0.15) is 5.75 Å². The standard InChI is InChI=1S/C14H22N2O3S/c1-11(15)14(12-4-3-5-13(10-12)19-2)16-6-8-20(17,18)9-7-16/h3-5,10-11,14H,6-9,15H2,1-2H3. The number of hydrogen-bond donors (Lipinski definition) is 1. The van der Waals surface area contributed by atoms with Gasteiger partial charge in [-0.25, -0.2) is 8.42 Å². The normalized spacial score (nSPS) is 22.1. The van der Waals surface area contributed by atoms with Crippen molar-refractivity contribution in [2.24, 2.45) is 5.73 Å². The van der Waals surface area contributed by atoms with E-state index < -0.39 is 9.84 Å². The van der Waals surface area contributed by atoms with Crippen molar-refractivity contribution in [2.45, 2.75) is 19.0 Å². The Kier molecular flexibility index (Phi) is 4.67. The van der Waals surface area contributed by atoms with E-state index >= 15 is 0 Å². The van der Waals surface area contributed by atoms with Crippen molar-refractivity contribution in [3.63, 3.8) is 0 Å². The summed E-state index contributed by atoms with van der Waals surface area (Å²) in [5.74, 6) is 1.21. The van der Waals surface area contributed by atoms with E-state index in [4.69, 9.17) is 10.5 Å². The minimum absolute atomic E-state index is 0.0144. The molecule has 1 saturated heterocycles. The molecule has 2 rings (SSSR count). The third-order valence-corrected chi connectivity index (χ3v) is 5.31. The van der Waals surface area contributed by atoms with Gasteiger partial charge in [0, 0.05) is 25.2 Å². The molecule has 0 saturated carbocycles. The molecule has 2 atom stereocenters. The molecular weight excluding hydrogens is 276 g/mol. The predicted octanol–water partition coefficient (Wildman–Crippen LogP) is 0.814. The number of sulfone groups is 1. The number of methoxy groups -OCH3 is 1. The molecule has 5 nitrogen and oxygen atoms in total. The quantitative estimate of drug-likeness (QED) is 0.890. The van der Waals surface area contributed by atoms with E-state index in [1.807, 2.05) is 31.2 Å². The molecule has 0 bridgehead atoms. The van der Waals surface area contributed by atoms with Crippen LogP contribution in [0.5, 0.6) is 5.75 Å². The van der Waals surface area contributed by atoms with Gasteiger partial charge >= 0.3 is 0 Å². The second-order valence-electron chi connectivity index (χ2n) is 5.27. The van der Waals surface area contributed by atoms with Gasteiger partial charge in [-0.2, -0.15) is 0 Å². The summed E-state index contributed by atoms with van der Waals surface area (Å²) >= 11 is 0.